The van der Waals surface area contributed by atoms with Gasteiger partial charge < -0.3 is 25.5 Å². The zero-order valence-corrected chi connectivity index (χ0v) is 20.9. The van der Waals surface area contributed by atoms with Crippen LogP contribution in [0.5, 0.6) is 0 Å². The fourth-order valence-corrected chi connectivity index (χ4v) is 9.11. The Morgan fingerprint density at radius 1 is 0.938 bits per heavy atom. The maximum Gasteiger partial charge on any atom is 0.0849 e. The summed E-state index contributed by atoms with van der Waals surface area (Å²) in [5.74, 6) is 1.94. The summed E-state index contributed by atoms with van der Waals surface area (Å²) in [6.45, 7) is 10.2. The van der Waals surface area contributed by atoms with Crippen molar-refractivity contribution in [3.05, 3.63) is 0 Å². The molecule has 1 unspecified atom stereocenters. The van der Waals surface area contributed by atoms with Crippen LogP contribution in [0.1, 0.15) is 92.4 Å². The molecule has 4 aliphatic rings. The molecule has 186 valence electrons. The van der Waals surface area contributed by atoms with Crippen LogP contribution in [0.4, 0.5) is 0 Å². The van der Waals surface area contributed by atoms with Gasteiger partial charge in [-0.2, -0.15) is 0 Å². The fourth-order valence-electron chi connectivity index (χ4n) is 9.11. The first kappa shape index (κ1) is 24.9. The Kier molecular flexibility index (Phi) is 6.60. The van der Waals surface area contributed by atoms with E-state index in [0.717, 1.165) is 51.4 Å². The Morgan fingerprint density at radius 3 is 2.28 bits per heavy atom. The van der Waals surface area contributed by atoms with Crippen LogP contribution in [0.25, 0.3) is 0 Å². The lowest BCUT2D eigenvalue weighted by atomic mass is 9.43. The highest BCUT2D eigenvalue weighted by molar-refractivity contribution is 5.14. The van der Waals surface area contributed by atoms with E-state index in [1.165, 1.54) is 0 Å². The molecule has 5 N–H and O–H groups in total. The topological polar surface area (TPSA) is 101 Å². The molecule has 4 aliphatic carbocycles. The minimum Gasteiger partial charge on any atom is -0.393 e. The van der Waals surface area contributed by atoms with Gasteiger partial charge in [0, 0.05) is 0 Å². The van der Waals surface area contributed by atoms with E-state index in [-0.39, 0.29) is 35.1 Å². The Hall–Kier alpha value is -0.200. The lowest BCUT2D eigenvalue weighted by Crippen LogP contribution is -2.62. The summed E-state index contributed by atoms with van der Waals surface area (Å²) in [5, 5.41) is 53.7. The maximum absolute atomic E-state index is 11.6. The predicted molar refractivity (Wildman–Crippen MR) is 125 cm³/mol. The van der Waals surface area contributed by atoms with E-state index in [9.17, 15) is 25.5 Å². The standard InChI is InChI=1S/C27H48O5/c1-15(6-9-22(30)25(2,3)32)18-7-8-19-24-20(14-23(31)27(18,19)5)26(4)11-10-17(28)12-16(26)13-21(24)29/h15-24,28-32H,6-14H2,1-5H3/t15-,16+,17-,18-,19+,20+,21-,22?,23+,24+,26+,27-/m1/s1. The van der Waals surface area contributed by atoms with Crippen molar-refractivity contribution < 1.29 is 25.5 Å². The van der Waals surface area contributed by atoms with E-state index in [1.807, 2.05) is 0 Å². The second-order valence-corrected chi connectivity index (χ2v) is 13.2. The highest BCUT2D eigenvalue weighted by Crippen LogP contribution is 2.68. The van der Waals surface area contributed by atoms with Crippen molar-refractivity contribution in [2.45, 2.75) is 122 Å². The van der Waals surface area contributed by atoms with Crippen molar-refractivity contribution in [2.24, 2.45) is 46.3 Å². The van der Waals surface area contributed by atoms with E-state index >= 15 is 0 Å². The molecule has 5 heteroatoms. The molecule has 0 heterocycles. The van der Waals surface area contributed by atoms with Crippen molar-refractivity contribution in [1.29, 1.82) is 0 Å². The molecule has 5 nitrogen and oxygen atoms in total. The Balaban J connectivity index is 1.54. The smallest absolute Gasteiger partial charge is 0.0849 e. The normalized spacial score (nSPS) is 50.8. The highest BCUT2D eigenvalue weighted by atomic mass is 16.3. The van der Waals surface area contributed by atoms with E-state index < -0.39 is 11.7 Å². The van der Waals surface area contributed by atoms with Crippen molar-refractivity contribution >= 4 is 0 Å². The number of fused-ring (bicyclic) bond motifs is 5. The van der Waals surface area contributed by atoms with Crippen LogP contribution < -0.4 is 0 Å². The van der Waals surface area contributed by atoms with Crippen molar-refractivity contribution in [3.63, 3.8) is 0 Å². The lowest BCUT2D eigenvalue weighted by molar-refractivity contribution is -0.207. The summed E-state index contributed by atoms with van der Waals surface area (Å²) in [4.78, 5) is 0. The molecular formula is C27H48O5. The van der Waals surface area contributed by atoms with Crippen LogP contribution in [-0.4, -0.2) is 55.5 Å². The Morgan fingerprint density at radius 2 is 1.62 bits per heavy atom. The maximum atomic E-state index is 11.6. The van der Waals surface area contributed by atoms with E-state index in [0.29, 0.717) is 36.0 Å². The molecule has 4 rings (SSSR count). The van der Waals surface area contributed by atoms with Gasteiger partial charge in [-0.05, 0) is 118 Å². The second-order valence-electron chi connectivity index (χ2n) is 13.2. The van der Waals surface area contributed by atoms with Gasteiger partial charge in [-0.3, -0.25) is 0 Å². The Labute approximate surface area is 194 Å². The van der Waals surface area contributed by atoms with Gasteiger partial charge in [0.25, 0.3) is 0 Å². The monoisotopic (exact) mass is 452 g/mol. The second kappa shape index (κ2) is 8.48. The van der Waals surface area contributed by atoms with E-state index in [4.69, 9.17) is 0 Å². The zero-order chi connectivity index (χ0) is 23.6. The number of aliphatic hydroxyl groups is 5. The molecule has 0 aromatic heterocycles. The molecule has 4 saturated carbocycles. The number of hydrogen-bond donors (Lipinski definition) is 5. The molecule has 0 saturated heterocycles. The summed E-state index contributed by atoms with van der Waals surface area (Å²) >= 11 is 0. The minimum absolute atomic E-state index is 0.103. The summed E-state index contributed by atoms with van der Waals surface area (Å²) in [7, 11) is 0. The first-order chi connectivity index (χ1) is 14.8. The summed E-state index contributed by atoms with van der Waals surface area (Å²) < 4.78 is 0. The van der Waals surface area contributed by atoms with Gasteiger partial charge in [-0.15, -0.1) is 0 Å². The van der Waals surface area contributed by atoms with Gasteiger partial charge in [0.2, 0.25) is 0 Å². The number of hydrogen-bond acceptors (Lipinski definition) is 5. The van der Waals surface area contributed by atoms with Crippen LogP contribution in [-0.2, 0) is 0 Å². The van der Waals surface area contributed by atoms with E-state index in [2.05, 4.69) is 20.8 Å². The van der Waals surface area contributed by atoms with Crippen LogP contribution in [0.15, 0.2) is 0 Å². The van der Waals surface area contributed by atoms with Crippen LogP contribution in [0, 0.1) is 46.3 Å². The van der Waals surface area contributed by atoms with Crippen molar-refractivity contribution in [3.8, 4) is 0 Å². The average molecular weight is 453 g/mol. The molecule has 0 radical (unpaired) electrons. The van der Waals surface area contributed by atoms with E-state index in [1.54, 1.807) is 13.8 Å². The lowest BCUT2D eigenvalue weighted by Gasteiger charge is -2.63. The van der Waals surface area contributed by atoms with Gasteiger partial charge in [-0.25, -0.2) is 0 Å². The quantitative estimate of drug-likeness (QED) is 0.440. The summed E-state index contributed by atoms with van der Waals surface area (Å²) in [5.41, 5.74) is -1.20. The van der Waals surface area contributed by atoms with Crippen LogP contribution in [0.3, 0.4) is 0 Å². The molecule has 12 atom stereocenters. The molecule has 0 aromatic rings. The molecule has 0 bridgehead atoms. The average Bonchev–Trinajstić information content (AvgIpc) is 3.06. The molecule has 32 heavy (non-hydrogen) atoms. The van der Waals surface area contributed by atoms with Crippen molar-refractivity contribution in [2.75, 3.05) is 0 Å². The first-order valence-corrected chi connectivity index (χ1v) is 13.2. The van der Waals surface area contributed by atoms with Gasteiger partial charge in [-0.1, -0.05) is 20.8 Å². The largest absolute Gasteiger partial charge is 0.393 e. The van der Waals surface area contributed by atoms with Gasteiger partial charge >= 0.3 is 0 Å². The third-order valence-corrected chi connectivity index (χ3v) is 11.2. The summed E-state index contributed by atoms with van der Waals surface area (Å²) in [6.07, 6.45) is 5.98. The highest BCUT2D eigenvalue weighted by Gasteiger charge is 2.65. The molecule has 0 amide bonds. The van der Waals surface area contributed by atoms with Crippen LogP contribution in [0.2, 0.25) is 0 Å². The SMILES string of the molecule is C[C@H](CCC(O)C(C)(C)O)[C@H]1CC[C@H]2[C@@H]3[C@H](O)C[C@@H]4C[C@H](O)CC[C@]4(C)[C@H]3C[C@H](O)[C@]12C. The third kappa shape index (κ3) is 3.88. The van der Waals surface area contributed by atoms with Crippen LogP contribution >= 0.6 is 0 Å². The van der Waals surface area contributed by atoms with Gasteiger partial charge in [0.05, 0.1) is 30.0 Å². The first-order valence-electron chi connectivity index (χ1n) is 13.2. The minimum atomic E-state index is -1.09. The molecule has 0 aromatic carbocycles. The fraction of sp³-hybridized carbons (Fsp3) is 1.00. The number of rotatable bonds is 5. The van der Waals surface area contributed by atoms with Crippen molar-refractivity contribution in [1.82, 2.24) is 0 Å². The Bertz CT molecular complexity index is 675. The van der Waals surface area contributed by atoms with Gasteiger partial charge in [0.1, 0.15) is 0 Å². The molecule has 0 aliphatic heterocycles. The van der Waals surface area contributed by atoms with Gasteiger partial charge in [0.15, 0.2) is 0 Å². The predicted octanol–water partition coefficient (Wildman–Crippen LogP) is 3.50. The molecule has 4 fully saturated rings. The number of aliphatic hydroxyl groups excluding tert-OH is 4. The molecular weight excluding hydrogens is 404 g/mol. The summed E-state index contributed by atoms with van der Waals surface area (Å²) in [6, 6.07) is 0. The zero-order valence-electron chi connectivity index (χ0n) is 20.9. The molecule has 0 spiro atoms. The third-order valence-electron chi connectivity index (χ3n) is 11.2.